The Bertz CT molecular complexity index is 464. The molecule has 0 aliphatic heterocycles. The third kappa shape index (κ3) is 3.16. The van der Waals surface area contributed by atoms with Gasteiger partial charge in [0.15, 0.2) is 0 Å². The first kappa shape index (κ1) is 13.2. The molecule has 0 saturated heterocycles. The Morgan fingerprint density at radius 2 is 2.17 bits per heavy atom. The predicted octanol–water partition coefficient (Wildman–Crippen LogP) is 3.63. The summed E-state index contributed by atoms with van der Waals surface area (Å²) in [5.74, 6) is -0.122. The van der Waals surface area contributed by atoms with Crippen molar-refractivity contribution < 1.29 is 14.6 Å². The molecule has 1 aromatic rings. The van der Waals surface area contributed by atoms with Crippen LogP contribution in [0.1, 0.15) is 38.7 Å². The summed E-state index contributed by atoms with van der Waals surface area (Å²) in [4.78, 5) is 10.8. The van der Waals surface area contributed by atoms with Crippen molar-refractivity contribution >= 4 is 17.6 Å². The van der Waals surface area contributed by atoms with Crippen molar-refractivity contribution in [2.45, 2.75) is 44.6 Å². The predicted molar refractivity (Wildman–Crippen MR) is 70.4 cm³/mol. The lowest BCUT2D eigenvalue weighted by atomic mass is 9.81. The molecule has 18 heavy (non-hydrogen) atoms. The average molecular weight is 269 g/mol. The molecule has 1 aliphatic carbocycles. The number of carboxylic acids is 1. The van der Waals surface area contributed by atoms with Gasteiger partial charge < -0.3 is 9.84 Å². The topological polar surface area (TPSA) is 46.5 Å². The number of carbonyl (C=O) groups is 1. The number of carboxylic acid groups (broad SMARTS) is 1. The summed E-state index contributed by atoms with van der Waals surface area (Å²) in [5.41, 5.74) is 0.478. The van der Waals surface area contributed by atoms with Gasteiger partial charge in [-0.15, -0.1) is 0 Å². The average Bonchev–Trinajstić information content (AvgIpc) is 3.02. The molecule has 1 aliphatic rings. The van der Waals surface area contributed by atoms with Crippen LogP contribution >= 0.6 is 11.6 Å². The highest BCUT2D eigenvalue weighted by molar-refractivity contribution is 6.32. The molecular formula is C14H17ClO3. The quantitative estimate of drug-likeness (QED) is 0.887. The number of hydrogen-bond acceptors (Lipinski definition) is 2. The van der Waals surface area contributed by atoms with Crippen molar-refractivity contribution in [2.24, 2.45) is 0 Å². The maximum atomic E-state index is 10.8. The van der Waals surface area contributed by atoms with E-state index in [4.69, 9.17) is 21.4 Å². The van der Waals surface area contributed by atoms with Gasteiger partial charge in [-0.25, -0.2) is 0 Å². The molecule has 1 aromatic carbocycles. The third-order valence-electron chi connectivity index (χ3n) is 3.12. The summed E-state index contributed by atoms with van der Waals surface area (Å²) < 4.78 is 5.66. The van der Waals surface area contributed by atoms with E-state index < -0.39 is 11.4 Å². The lowest BCUT2D eigenvalue weighted by Crippen LogP contribution is -2.21. The first-order valence-corrected chi connectivity index (χ1v) is 6.45. The second-order valence-corrected chi connectivity index (χ2v) is 5.82. The van der Waals surface area contributed by atoms with Gasteiger partial charge in [0.25, 0.3) is 0 Å². The second kappa shape index (κ2) is 4.81. The lowest BCUT2D eigenvalue weighted by Gasteiger charge is -2.23. The standard InChI is InChI=1S/C14H17ClO3/c1-14(2,8-13(16)17)9-3-6-12(11(15)7-9)18-10-4-5-10/h3,6-7,10H,4-5,8H2,1-2H3,(H,16,17). The molecule has 0 amide bonds. The van der Waals surface area contributed by atoms with E-state index in [2.05, 4.69) is 0 Å². The zero-order valence-electron chi connectivity index (χ0n) is 10.6. The Balaban J connectivity index is 2.18. The highest BCUT2D eigenvalue weighted by Gasteiger charge is 2.27. The van der Waals surface area contributed by atoms with Crippen LogP contribution in [-0.2, 0) is 10.2 Å². The maximum absolute atomic E-state index is 10.8. The molecule has 1 N–H and O–H groups in total. The van der Waals surface area contributed by atoms with E-state index in [1.54, 1.807) is 0 Å². The van der Waals surface area contributed by atoms with E-state index >= 15 is 0 Å². The molecule has 0 heterocycles. The van der Waals surface area contributed by atoms with Crippen molar-refractivity contribution in [1.29, 1.82) is 0 Å². The van der Waals surface area contributed by atoms with Gasteiger partial charge in [0.1, 0.15) is 5.75 Å². The van der Waals surface area contributed by atoms with Crippen molar-refractivity contribution in [2.75, 3.05) is 0 Å². The van der Waals surface area contributed by atoms with Crippen molar-refractivity contribution in [3.8, 4) is 5.75 Å². The first-order chi connectivity index (χ1) is 8.38. The van der Waals surface area contributed by atoms with Gasteiger partial charge in [-0.05, 0) is 30.5 Å². The largest absolute Gasteiger partial charge is 0.489 e. The molecule has 0 spiro atoms. The van der Waals surface area contributed by atoms with Gasteiger partial charge in [-0.2, -0.15) is 0 Å². The SMILES string of the molecule is CC(C)(CC(=O)O)c1ccc(OC2CC2)c(Cl)c1. The molecule has 0 radical (unpaired) electrons. The number of rotatable bonds is 5. The molecule has 4 heteroatoms. The highest BCUT2D eigenvalue weighted by atomic mass is 35.5. The number of halogens is 1. The van der Waals surface area contributed by atoms with E-state index in [9.17, 15) is 4.79 Å². The van der Waals surface area contributed by atoms with E-state index in [1.165, 1.54) is 0 Å². The van der Waals surface area contributed by atoms with E-state index in [1.807, 2.05) is 32.0 Å². The molecular weight excluding hydrogens is 252 g/mol. The van der Waals surface area contributed by atoms with Crippen LogP contribution in [0, 0.1) is 0 Å². The lowest BCUT2D eigenvalue weighted by molar-refractivity contribution is -0.138. The van der Waals surface area contributed by atoms with Crippen molar-refractivity contribution in [3.05, 3.63) is 28.8 Å². The molecule has 1 saturated carbocycles. The summed E-state index contributed by atoms with van der Waals surface area (Å²) in [7, 11) is 0. The Hall–Kier alpha value is -1.22. The van der Waals surface area contributed by atoms with Crippen LogP contribution in [0.3, 0.4) is 0 Å². The van der Waals surface area contributed by atoms with Gasteiger partial charge in [0.05, 0.1) is 17.5 Å². The van der Waals surface area contributed by atoms with Gasteiger partial charge in [-0.1, -0.05) is 31.5 Å². The molecule has 0 aromatic heterocycles. The van der Waals surface area contributed by atoms with E-state index in [0.717, 1.165) is 18.4 Å². The van der Waals surface area contributed by atoms with Crippen molar-refractivity contribution in [3.63, 3.8) is 0 Å². The van der Waals surface area contributed by atoms with Crippen LogP contribution in [0.15, 0.2) is 18.2 Å². The Kier molecular flexibility index (Phi) is 3.53. The van der Waals surface area contributed by atoms with Gasteiger partial charge in [0, 0.05) is 5.41 Å². The van der Waals surface area contributed by atoms with E-state index in [-0.39, 0.29) is 6.42 Å². The van der Waals surface area contributed by atoms with Crippen LogP contribution in [0.5, 0.6) is 5.75 Å². The van der Waals surface area contributed by atoms with Gasteiger partial charge >= 0.3 is 5.97 Å². The maximum Gasteiger partial charge on any atom is 0.304 e. The third-order valence-corrected chi connectivity index (χ3v) is 3.42. The van der Waals surface area contributed by atoms with Crippen LogP contribution in [0.4, 0.5) is 0 Å². The Labute approximate surface area is 112 Å². The van der Waals surface area contributed by atoms with Crippen LogP contribution in [0.25, 0.3) is 0 Å². The number of hydrogen-bond donors (Lipinski definition) is 1. The summed E-state index contributed by atoms with van der Waals surface area (Å²) >= 11 is 6.17. The monoisotopic (exact) mass is 268 g/mol. The summed E-state index contributed by atoms with van der Waals surface area (Å²) in [5, 5.41) is 9.46. The number of aliphatic carboxylic acids is 1. The summed E-state index contributed by atoms with van der Waals surface area (Å²) in [6.07, 6.45) is 2.55. The van der Waals surface area contributed by atoms with Crippen molar-refractivity contribution in [1.82, 2.24) is 0 Å². The first-order valence-electron chi connectivity index (χ1n) is 6.07. The van der Waals surface area contributed by atoms with Crippen LogP contribution in [-0.4, -0.2) is 17.2 Å². The minimum atomic E-state index is -0.811. The fourth-order valence-electron chi connectivity index (χ4n) is 1.86. The van der Waals surface area contributed by atoms with Crippen LogP contribution in [0.2, 0.25) is 5.02 Å². The van der Waals surface area contributed by atoms with Gasteiger partial charge in [0.2, 0.25) is 0 Å². The summed E-state index contributed by atoms with van der Waals surface area (Å²) in [6, 6.07) is 5.54. The summed E-state index contributed by atoms with van der Waals surface area (Å²) in [6.45, 7) is 3.79. The fourth-order valence-corrected chi connectivity index (χ4v) is 2.09. The Morgan fingerprint density at radius 1 is 1.50 bits per heavy atom. The molecule has 1 fully saturated rings. The normalized spacial score (nSPS) is 15.5. The number of ether oxygens (including phenoxy) is 1. The minimum Gasteiger partial charge on any atom is -0.489 e. The highest BCUT2D eigenvalue weighted by Crippen LogP contribution is 2.36. The molecule has 0 bridgehead atoms. The minimum absolute atomic E-state index is 0.0756. The molecule has 98 valence electrons. The number of benzene rings is 1. The smallest absolute Gasteiger partial charge is 0.304 e. The van der Waals surface area contributed by atoms with Crippen LogP contribution < -0.4 is 4.74 Å². The zero-order valence-corrected chi connectivity index (χ0v) is 11.3. The molecule has 2 rings (SSSR count). The second-order valence-electron chi connectivity index (χ2n) is 5.42. The van der Waals surface area contributed by atoms with E-state index in [0.29, 0.717) is 16.9 Å². The molecule has 0 atom stereocenters. The fraction of sp³-hybridized carbons (Fsp3) is 0.500. The van der Waals surface area contributed by atoms with Gasteiger partial charge in [-0.3, -0.25) is 4.79 Å². The molecule has 0 unspecified atom stereocenters. The zero-order chi connectivity index (χ0) is 13.3. The Morgan fingerprint density at radius 3 is 2.67 bits per heavy atom. The molecule has 3 nitrogen and oxygen atoms in total.